The largest absolute Gasteiger partial charge is 0.544 e. The van der Waals surface area contributed by atoms with Gasteiger partial charge in [-0.2, -0.15) is 0 Å². The maximum absolute atomic E-state index is 13.1. The molecule has 2 aliphatic heterocycles. The maximum atomic E-state index is 13.1. The van der Waals surface area contributed by atoms with Crippen molar-refractivity contribution in [3.05, 3.63) is 59.1 Å². The number of fused-ring (bicyclic) bond motifs is 1. The highest BCUT2D eigenvalue weighted by atomic mass is 35.5. The second kappa shape index (κ2) is 6.37. The zero-order valence-electron chi connectivity index (χ0n) is 13.9. The van der Waals surface area contributed by atoms with E-state index in [1.54, 1.807) is 30.3 Å². The summed E-state index contributed by atoms with van der Waals surface area (Å²) in [6.45, 7) is 0. The third-order valence-corrected chi connectivity index (χ3v) is 5.49. The van der Waals surface area contributed by atoms with E-state index in [1.807, 2.05) is 0 Å². The molecule has 0 aromatic heterocycles. The Morgan fingerprint density at radius 1 is 1.04 bits per heavy atom. The van der Waals surface area contributed by atoms with Crippen molar-refractivity contribution in [1.82, 2.24) is 0 Å². The Kier molecular flexibility index (Phi) is 4.13. The number of carbonyl (C=O) groups is 3. The van der Waals surface area contributed by atoms with E-state index >= 15 is 0 Å². The SMILES string of the molecule is O=C([O-])[C@@H]1[NH2+][C@H](c2ccccc2O)[C@@H]2C(=O)N(c3ccc(Cl)cc3)C(=O)[C@@H]21. The summed E-state index contributed by atoms with van der Waals surface area (Å²) in [7, 11) is 0. The van der Waals surface area contributed by atoms with Crippen LogP contribution in [0.25, 0.3) is 0 Å². The molecule has 27 heavy (non-hydrogen) atoms. The van der Waals surface area contributed by atoms with E-state index in [2.05, 4.69) is 0 Å². The predicted octanol–water partition coefficient (Wildman–Crippen LogP) is -0.412. The second-order valence-corrected chi connectivity index (χ2v) is 7.10. The number of hydrogen-bond donors (Lipinski definition) is 2. The zero-order chi connectivity index (χ0) is 19.3. The summed E-state index contributed by atoms with van der Waals surface area (Å²) in [5, 5.41) is 23.7. The van der Waals surface area contributed by atoms with Crippen molar-refractivity contribution in [1.29, 1.82) is 0 Å². The summed E-state index contributed by atoms with van der Waals surface area (Å²) in [6.07, 6.45) is 0. The average molecular weight is 387 g/mol. The Hall–Kier alpha value is -2.90. The molecule has 4 atom stereocenters. The molecule has 2 saturated heterocycles. The molecule has 0 bridgehead atoms. The summed E-state index contributed by atoms with van der Waals surface area (Å²) in [6, 6.07) is 10.6. The molecule has 2 amide bonds. The Morgan fingerprint density at radius 2 is 1.67 bits per heavy atom. The number of benzene rings is 2. The Morgan fingerprint density at radius 3 is 2.30 bits per heavy atom. The van der Waals surface area contributed by atoms with Gasteiger partial charge in [0.15, 0.2) is 0 Å². The summed E-state index contributed by atoms with van der Waals surface area (Å²) < 4.78 is 0. The Bertz CT molecular complexity index is 945. The monoisotopic (exact) mass is 386 g/mol. The molecule has 2 aromatic carbocycles. The van der Waals surface area contributed by atoms with Gasteiger partial charge in [-0.25, -0.2) is 4.90 Å². The molecular formula is C19H15ClN2O5. The first kappa shape index (κ1) is 17.5. The molecule has 2 aliphatic rings. The number of aromatic hydroxyl groups is 1. The summed E-state index contributed by atoms with van der Waals surface area (Å²) >= 11 is 5.87. The zero-order valence-corrected chi connectivity index (χ0v) is 14.7. The minimum atomic E-state index is -1.41. The van der Waals surface area contributed by atoms with E-state index in [0.29, 0.717) is 16.3 Å². The molecule has 138 valence electrons. The van der Waals surface area contributed by atoms with Crippen LogP contribution in [0.15, 0.2) is 48.5 Å². The van der Waals surface area contributed by atoms with Crippen LogP contribution in [-0.4, -0.2) is 28.9 Å². The highest BCUT2D eigenvalue weighted by Crippen LogP contribution is 2.43. The number of quaternary nitrogens is 1. The number of aliphatic carboxylic acids is 1. The molecule has 2 fully saturated rings. The van der Waals surface area contributed by atoms with E-state index < -0.39 is 41.7 Å². The topological polar surface area (TPSA) is 114 Å². The third kappa shape index (κ3) is 2.67. The van der Waals surface area contributed by atoms with Crippen LogP contribution in [0.4, 0.5) is 5.69 Å². The third-order valence-electron chi connectivity index (χ3n) is 5.24. The van der Waals surface area contributed by atoms with Gasteiger partial charge in [0.25, 0.3) is 0 Å². The van der Waals surface area contributed by atoms with Crippen molar-refractivity contribution in [2.75, 3.05) is 4.90 Å². The predicted molar refractivity (Wildman–Crippen MR) is 92.5 cm³/mol. The van der Waals surface area contributed by atoms with Gasteiger partial charge in [0.05, 0.1) is 11.3 Å². The lowest BCUT2D eigenvalue weighted by Crippen LogP contribution is -2.92. The van der Waals surface area contributed by atoms with Crippen molar-refractivity contribution in [3.8, 4) is 5.75 Å². The number of carboxylic acid groups (broad SMARTS) is 1. The van der Waals surface area contributed by atoms with Crippen molar-refractivity contribution in [2.45, 2.75) is 12.1 Å². The number of phenolic OH excluding ortho intramolecular Hbond substituents is 1. The second-order valence-electron chi connectivity index (χ2n) is 6.66. The van der Waals surface area contributed by atoms with Crippen LogP contribution in [0.3, 0.4) is 0 Å². The fourth-order valence-corrected chi connectivity index (χ4v) is 4.19. The van der Waals surface area contributed by atoms with Crippen molar-refractivity contribution in [2.24, 2.45) is 11.8 Å². The van der Waals surface area contributed by atoms with Gasteiger partial charge in [-0.15, -0.1) is 0 Å². The number of hydrogen-bond acceptors (Lipinski definition) is 5. The van der Waals surface area contributed by atoms with Crippen LogP contribution in [0.2, 0.25) is 5.02 Å². The molecule has 2 aromatic rings. The summed E-state index contributed by atoms with van der Waals surface area (Å²) in [4.78, 5) is 38.7. The molecule has 2 heterocycles. The number of amides is 2. The molecule has 0 unspecified atom stereocenters. The molecule has 8 heteroatoms. The standard InChI is InChI=1S/C19H15ClN2O5/c20-9-5-7-10(8-6-9)22-17(24)13-14(18(22)25)16(19(26)27)21-15(13)11-3-1-2-4-12(11)23/h1-8,13-16,21,23H,(H,26,27)/t13-,14+,15-,16-/m1/s1. The molecule has 7 nitrogen and oxygen atoms in total. The number of rotatable bonds is 3. The van der Waals surface area contributed by atoms with Gasteiger partial charge in [0.1, 0.15) is 35.6 Å². The first-order valence-corrected chi connectivity index (χ1v) is 8.75. The Balaban J connectivity index is 1.79. The minimum Gasteiger partial charge on any atom is -0.544 e. The molecule has 0 aliphatic carbocycles. The molecule has 0 spiro atoms. The van der Waals surface area contributed by atoms with Crippen LogP contribution in [0.1, 0.15) is 11.6 Å². The quantitative estimate of drug-likeness (QED) is 0.696. The van der Waals surface area contributed by atoms with Gasteiger partial charge in [0, 0.05) is 5.02 Å². The first-order chi connectivity index (χ1) is 12.9. The minimum absolute atomic E-state index is 0.0540. The van der Waals surface area contributed by atoms with Crippen LogP contribution < -0.4 is 15.3 Å². The smallest absolute Gasteiger partial charge is 0.244 e. The normalized spacial score (nSPS) is 27.1. The fraction of sp³-hybridized carbons (Fsp3) is 0.211. The molecule has 3 N–H and O–H groups in total. The van der Waals surface area contributed by atoms with Gasteiger partial charge >= 0.3 is 0 Å². The number of nitrogens with zero attached hydrogens (tertiary/aromatic N) is 1. The fourth-order valence-electron chi connectivity index (χ4n) is 4.07. The lowest BCUT2D eigenvalue weighted by atomic mass is 9.86. The van der Waals surface area contributed by atoms with E-state index in [-0.39, 0.29) is 5.75 Å². The maximum Gasteiger partial charge on any atom is 0.244 e. The number of para-hydroxylation sites is 1. The van der Waals surface area contributed by atoms with Gasteiger partial charge in [-0.05, 0) is 36.4 Å². The van der Waals surface area contributed by atoms with Gasteiger partial charge in [0.2, 0.25) is 11.8 Å². The van der Waals surface area contributed by atoms with Gasteiger partial charge < -0.3 is 20.3 Å². The van der Waals surface area contributed by atoms with Crippen LogP contribution in [0, 0.1) is 11.8 Å². The molecule has 0 radical (unpaired) electrons. The lowest BCUT2D eigenvalue weighted by Gasteiger charge is -2.21. The number of halogens is 1. The number of nitrogens with two attached hydrogens (primary N) is 1. The molecule has 0 saturated carbocycles. The van der Waals surface area contributed by atoms with E-state index in [4.69, 9.17) is 11.6 Å². The lowest BCUT2D eigenvalue weighted by molar-refractivity contribution is -0.705. The van der Waals surface area contributed by atoms with Crippen molar-refractivity contribution in [3.63, 3.8) is 0 Å². The molecular weight excluding hydrogens is 372 g/mol. The van der Waals surface area contributed by atoms with Crippen LogP contribution >= 0.6 is 11.6 Å². The average Bonchev–Trinajstić information content (AvgIpc) is 3.14. The van der Waals surface area contributed by atoms with Crippen LogP contribution in [-0.2, 0) is 14.4 Å². The number of carboxylic acids is 1. The highest BCUT2D eigenvalue weighted by molar-refractivity contribution is 6.31. The van der Waals surface area contributed by atoms with E-state index in [1.165, 1.54) is 23.5 Å². The summed E-state index contributed by atoms with van der Waals surface area (Å²) in [5.41, 5.74) is 0.743. The number of anilines is 1. The number of carbonyl (C=O) groups excluding carboxylic acids is 3. The van der Waals surface area contributed by atoms with Crippen LogP contribution in [0.5, 0.6) is 5.75 Å². The molecule has 4 rings (SSSR count). The summed E-state index contributed by atoms with van der Waals surface area (Å²) in [5.74, 6) is -4.54. The first-order valence-electron chi connectivity index (χ1n) is 8.37. The van der Waals surface area contributed by atoms with E-state index in [9.17, 15) is 24.6 Å². The van der Waals surface area contributed by atoms with Gasteiger partial charge in [-0.1, -0.05) is 23.7 Å². The van der Waals surface area contributed by atoms with E-state index in [0.717, 1.165) is 4.90 Å². The number of phenols is 1. The van der Waals surface area contributed by atoms with Crippen molar-refractivity contribution >= 4 is 35.1 Å². The number of imide groups is 1. The van der Waals surface area contributed by atoms with Crippen molar-refractivity contribution < 1.29 is 29.9 Å². The highest BCUT2D eigenvalue weighted by Gasteiger charge is 2.63. The van der Waals surface area contributed by atoms with Gasteiger partial charge in [-0.3, -0.25) is 9.59 Å². The Labute approximate surface area is 159 Å².